The van der Waals surface area contributed by atoms with Crippen molar-refractivity contribution in [2.75, 3.05) is 4.90 Å². The van der Waals surface area contributed by atoms with E-state index in [-0.39, 0.29) is 0 Å². The zero-order chi connectivity index (χ0) is 23.2. The van der Waals surface area contributed by atoms with Crippen LogP contribution in [0, 0.1) is 0 Å². The first-order chi connectivity index (χ1) is 17.3. The second kappa shape index (κ2) is 8.31. The normalized spacial score (nSPS) is 11.4. The molecule has 0 radical (unpaired) electrons. The molecule has 3 nitrogen and oxygen atoms in total. The molecule has 5 aromatic carbocycles. The van der Waals surface area contributed by atoms with Gasteiger partial charge in [0, 0.05) is 22.3 Å². The van der Waals surface area contributed by atoms with Gasteiger partial charge in [-0.3, -0.25) is 0 Å². The number of benzene rings is 5. The summed E-state index contributed by atoms with van der Waals surface area (Å²) in [5, 5.41) is 3.48. The number of hydrogen-bond donors (Lipinski definition) is 0. The Bertz CT molecular complexity index is 1780. The van der Waals surface area contributed by atoms with Gasteiger partial charge in [-0.05, 0) is 66.0 Å². The second-order valence-electron chi connectivity index (χ2n) is 8.37. The van der Waals surface area contributed by atoms with Crippen LogP contribution in [0.4, 0.5) is 17.1 Å². The van der Waals surface area contributed by atoms with Crippen LogP contribution in [0.1, 0.15) is 0 Å². The van der Waals surface area contributed by atoms with Crippen LogP contribution < -0.4 is 4.90 Å². The molecule has 0 N–H and O–H groups in total. The first kappa shape index (κ1) is 20.3. The van der Waals surface area contributed by atoms with Crippen molar-refractivity contribution in [3.63, 3.8) is 0 Å². The standard InChI is InChI=1S/C30H19N3S2/c1-2-8-24-20(6-1)7-5-10-27(24)33(23-16-17-25-29(18-23)34-19-31-25)22-14-12-21(13-15-22)30-32-26-9-3-4-11-28(26)35-30/h1-19H. The monoisotopic (exact) mass is 485 g/mol. The third-order valence-electron chi connectivity index (χ3n) is 6.25. The molecule has 0 saturated carbocycles. The third-order valence-corrected chi connectivity index (χ3v) is 8.12. The highest BCUT2D eigenvalue weighted by Crippen LogP contribution is 2.41. The Hall–Kier alpha value is -4.06. The quantitative estimate of drug-likeness (QED) is 0.249. The summed E-state index contributed by atoms with van der Waals surface area (Å²) in [5.41, 5.74) is 8.49. The van der Waals surface area contributed by atoms with Gasteiger partial charge in [-0.2, -0.15) is 0 Å². The van der Waals surface area contributed by atoms with E-state index in [1.807, 2.05) is 11.6 Å². The van der Waals surface area contributed by atoms with Crippen molar-refractivity contribution in [2.45, 2.75) is 0 Å². The van der Waals surface area contributed by atoms with E-state index in [0.717, 1.165) is 38.7 Å². The van der Waals surface area contributed by atoms with Crippen LogP contribution in [-0.2, 0) is 0 Å². The van der Waals surface area contributed by atoms with Crippen LogP contribution in [0.3, 0.4) is 0 Å². The Morgan fingerprint density at radius 1 is 0.629 bits per heavy atom. The average Bonchev–Trinajstić information content (AvgIpc) is 3.56. The molecule has 35 heavy (non-hydrogen) atoms. The summed E-state index contributed by atoms with van der Waals surface area (Å²) in [4.78, 5) is 11.7. The van der Waals surface area contributed by atoms with Crippen molar-refractivity contribution in [2.24, 2.45) is 0 Å². The minimum atomic E-state index is 1.03. The Morgan fingerprint density at radius 3 is 2.34 bits per heavy atom. The fourth-order valence-corrected chi connectivity index (χ4v) is 6.24. The van der Waals surface area contributed by atoms with Gasteiger partial charge in [0.2, 0.25) is 0 Å². The topological polar surface area (TPSA) is 29.0 Å². The highest BCUT2D eigenvalue weighted by Gasteiger charge is 2.17. The lowest BCUT2D eigenvalue weighted by Gasteiger charge is -2.27. The van der Waals surface area contributed by atoms with Crippen LogP contribution in [0.5, 0.6) is 0 Å². The van der Waals surface area contributed by atoms with E-state index in [1.165, 1.54) is 20.2 Å². The van der Waals surface area contributed by atoms with E-state index < -0.39 is 0 Å². The lowest BCUT2D eigenvalue weighted by atomic mass is 10.1. The Labute approximate surface area is 210 Å². The lowest BCUT2D eigenvalue weighted by Crippen LogP contribution is -2.10. The number of anilines is 3. The van der Waals surface area contributed by atoms with Gasteiger partial charge in [-0.25, -0.2) is 9.97 Å². The van der Waals surface area contributed by atoms with Gasteiger partial charge in [0.05, 0.1) is 31.6 Å². The molecular formula is C30H19N3S2. The molecular weight excluding hydrogens is 466 g/mol. The molecule has 2 heterocycles. The Morgan fingerprint density at radius 2 is 1.43 bits per heavy atom. The molecule has 0 fully saturated rings. The zero-order valence-electron chi connectivity index (χ0n) is 18.6. The number of rotatable bonds is 4. The maximum absolute atomic E-state index is 4.84. The van der Waals surface area contributed by atoms with Gasteiger partial charge in [0.1, 0.15) is 5.01 Å². The van der Waals surface area contributed by atoms with Crippen molar-refractivity contribution in [3.8, 4) is 10.6 Å². The third kappa shape index (κ3) is 3.57. The van der Waals surface area contributed by atoms with Crippen LogP contribution in [0.25, 0.3) is 41.8 Å². The lowest BCUT2D eigenvalue weighted by molar-refractivity contribution is 1.30. The largest absolute Gasteiger partial charge is 0.310 e. The van der Waals surface area contributed by atoms with Crippen LogP contribution in [-0.4, -0.2) is 9.97 Å². The van der Waals surface area contributed by atoms with Crippen molar-refractivity contribution in [1.82, 2.24) is 9.97 Å². The molecule has 0 spiro atoms. The van der Waals surface area contributed by atoms with E-state index in [2.05, 4.69) is 113 Å². The molecule has 7 aromatic rings. The molecule has 2 aromatic heterocycles. The summed E-state index contributed by atoms with van der Waals surface area (Å²) < 4.78 is 2.39. The number of fused-ring (bicyclic) bond motifs is 3. The van der Waals surface area contributed by atoms with Crippen molar-refractivity contribution in [1.29, 1.82) is 0 Å². The molecule has 0 bridgehead atoms. The van der Waals surface area contributed by atoms with Gasteiger partial charge >= 0.3 is 0 Å². The smallest absolute Gasteiger partial charge is 0.124 e. The highest BCUT2D eigenvalue weighted by molar-refractivity contribution is 7.21. The van der Waals surface area contributed by atoms with Gasteiger partial charge < -0.3 is 4.90 Å². The highest BCUT2D eigenvalue weighted by atomic mass is 32.1. The van der Waals surface area contributed by atoms with Crippen LogP contribution in [0.15, 0.2) is 115 Å². The average molecular weight is 486 g/mol. The zero-order valence-corrected chi connectivity index (χ0v) is 20.3. The SMILES string of the molecule is c1ccc2c(N(c3ccc(-c4nc5ccccc5s4)cc3)c3ccc4ncsc4c3)cccc2c1. The number of nitrogens with zero attached hydrogens (tertiary/aromatic N) is 3. The minimum absolute atomic E-state index is 1.03. The van der Waals surface area contributed by atoms with Gasteiger partial charge in [-0.15, -0.1) is 22.7 Å². The maximum Gasteiger partial charge on any atom is 0.124 e. The Kier molecular flexibility index (Phi) is 4.82. The molecule has 0 atom stereocenters. The summed E-state index contributed by atoms with van der Waals surface area (Å²) in [5.74, 6) is 0. The number of aromatic nitrogens is 2. The molecule has 0 amide bonds. The van der Waals surface area contributed by atoms with Crippen LogP contribution in [0.2, 0.25) is 0 Å². The summed E-state index contributed by atoms with van der Waals surface area (Å²) in [6, 6.07) is 38.6. The van der Waals surface area contributed by atoms with Crippen molar-refractivity contribution in [3.05, 3.63) is 115 Å². The minimum Gasteiger partial charge on any atom is -0.310 e. The molecule has 5 heteroatoms. The number of hydrogen-bond acceptors (Lipinski definition) is 5. The predicted molar refractivity (Wildman–Crippen MR) is 150 cm³/mol. The summed E-state index contributed by atoms with van der Waals surface area (Å²) in [6.45, 7) is 0. The van der Waals surface area contributed by atoms with E-state index in [4.69, 9.17) is 4.98 Å². The van der Waals surface area contributed by atoms with E-state index in [1.54, 1.807) is 22.7 Å². The molecule has 0 aliphatic carbocycles. The van der Waals surface area contributed by atoms with Gasteiger partial charge in [0.15, 0.2) is 0 Å². The van der Waals surface area contributed by atoms with E-state index >= 15 is 0 Å². The molecule has 0 saturated heterocycles. The van der Waals surface area contributed by atoms with Gasteiger partial charge in [-0.1, -0.05) is 48.5 Å². The first-order valence-electron chi connectivity index (χ1n) is 11.4. The fourth-order valence-electron chi connectivity index (χ4n) is 4.56. The molecule has 7 rings (SSSR count). The predicted octanol–water partition coefficient (Wildman–Crippen LogP) is 9.20. The molecule has 166 valence electrons. The molecule has 0 aliphatic rings. The Balaban J connectivity index is 1.38. The van der Waals surface area contributed by atoms with Crippen LogP contribution >= 0.6 is 22.7 Å². The van der Waals surface area contributed by atoms with E-state index in [9.17, 15) is 0 Å². The first-order valence-corrected chi connectivity index (χ1v) is 13.1. The fraction of sp³-hybridized carbons (Fsp3) is 0. The summed E-state index contributed by atoms with van der Waals surface area (Å²) in [6.07, 6.45) is 0. The summed E-state index contributed by atoms with van der Waals surface area (Å²) in [7, 11) is 0. The van der Waals surface area contributed by atoms with E-state index in [0.29, 0.717) is 0 Å². The molecule has 0 aliphatic heterocycles. The number of para-hydroxylation sites is 1. The summed E-state index contributed by atoms with van der Waals surface area (Å²) >= 11 is 3.40. The molecule has 0 unspecified atom stereocenters. The van der Waals surface area contributed by atoms with Crippen molar-refractivity contribution < 1.29 is 0 Å². The maximum atomic E-state index is 4.84. The van der Waals surface area contributed by atoms with Crippen molar-refractivity contribution >= 4 is 70.9 Å². The van der Waals surface area contributed by atoms with Gasteiger partial charge in [0.25, 0.3) is 0 Å². The second-order valence-corrected chi connectivity index (χ2v) is 10.3. The number of thiazole rings is 2.